The monoisotopic (exact) mass is 290 g/mol. The van der Waals surface area contributed by atoms with Crippen LogP contribution in [0.25, 0.3) is 0 Å². The van der Waals surface area contributed by atoms with Crippen molar-refractivity contribution in [2.24, 2.45) is 5.92 Å². The van der Waals surface area contributed by atoms with E-state index in [1.807, 2.05) is 6.07 Å². The van der Waals surface area contributed by atoms with Crippen LogP contribution in [0.4, 0.5) is 0 Å². The third-order valence-electron chi connectivity index (χ3n) is 3.81. The minimum atomic E-state index is -0.195. The molecule has 1 unspecified atom stereocenters. The Hall–Kier alpha value is -1.69. The highest BCUT2D eigenvalue weighted by Gasteiger charge is 2.29. The molecular weight excluding hydrogens is 272 g/mol. The summed E-state index contributed by atoms with van der Waals surface area (Å²) in [5.74, 6) is 1.21. The van der Waals surface area contributed by atoms with Gasteiger partial charge in [0.25, 0.3) is 5.91 Å². The molecule has 106 valence electrons. The van der Waals surface area contributed by atoms with Crippen molar-refractivity contribution in [3.05, 3.63) is 34.0 Å². The minimum absolute atomic E-state index is 0.0869. The number of aromatic amines is 1. The Balaban J connectivity index is 1.77. The summed E-state index contributed by atoms with van der Waals surface area (Å²) in [5, 5.41) is 11.8. The van der Waals surface area contributed by atoms with Crippen LogP contribution in [0.3, 0.4) is 0 Å². The number of carbonyl (C=O) groups excluding carboxylic acids is 1. The van der Waals surface area contributed by atoms with E-state index in [-0.39, 0.29) is 17.8 Å². The van der Waals surface area contributed by atoms with Crippen molar-refractivity contribution in [2.75, 3.05) is 0 Å². The quantitative estimate of drug-likeness (QED) is 0.909. The molecule has 0 aromatic carbocycles. The largest absolute Gasteiger partial charge is 0.341 e. The van der Waals surface area contributed by atoms with Crippen LogP contribution in [0.5, 0.6) is 0 Å². The van der Waals surface area contributed by atoms with E-state index in [0.29, 0.717) is 11.7 Å². The second kappa shape index (κ2) is 5.75. The summed E-state index contributed by atoms with van der Waals surface area (Å²) in [6.45, 7) is 1.79. The normalized spacial score (nSPS) is 17.2. The van der Waals surface area contributed by atoms with Crippen molar-refractivity contribution >= 4 is 17.2 Å². The van der Waals surface area contributed by atoms with Crippen molar-refractivity contribution < 1.29 is 4.79 Å². The summed E-state index contributed by atoms with van der Waals surface area (Å²) < 4.78 is 0. The van der Waals surface area contributed by atoms with Crippen molar-refractivity contribution in [3.63, 3.8) is 0 Å². The molecule has 2 aromatic rings. The number of thiophene rings is 1. The van der Waals surface area contributed by atoms with Crippen LogP contribution in [-0.4, -0.2) is 21.1 Å². The second-order valence-corrected chi connectivity index (χ2v) is 6.23. The van der Waals surface area contributed by atoms with Gasteiger partial charge in [-0.15, -0.1) is 16.4 Å². The lowest BCUT2D eigenvalue weighted by molar-refractivity contribution is 0.0912. The number of nitrogens with one attached hydrogen (secondary N) is 2. The van der Waals surface area contributed by atoms with Gasteiger partial charge in [0.2, 0.25) is 5.82 Å². The van der Waals surface area contributed by atoms with Gasteiger partial charge in [0.15, 0.2) is 0 Å². The maximum Gasteiger partial charge on any atom is 0.291 e. The molecule has 1 fully saturated rings. The lowest BCUT2D eigenvalue weighted by Gasteiger charge is -2.23. The zero-order valence-electron chi connectivity index (χ0n) is 11.4. The van der Waals surface area contributed by atoms with Crippen LogP contribution in [0.2, 0.25) is 0 Å². The molecule has 3 rings (SSSR count). The number of H-pyrrole nitrogens is 1. The number of amides is 1. The molecule has 2 N–H and O–H groups in total. The van der Waals surface area contributed by atoms with Gasteiger partial charge in [0.05, 0.1) is 6.04 Å². The van der Waals surface area contributed by atoms with E-state index in [4.69, 9.17) is 0 Å². The highest BCUT2D eigenvalue weighted by molar-refractivity contribution is 7.10. The third kappa shape index (κ3) is 2.75. The lowest BCUT2D eigenvalue weighted by atomic mass is 9.96. The highest BCUT2D eigenvalue weighted by Crippen LogP contribution is 2.37. The van der Waals surface area contributed by atoms with E-state index in [1.54, 1.807) is 18.3 Å². The van der Waals surface area contributed by atoms with Crippen LogP contribution < -0.4 is 5.32 Å². The summed E-state index contributed by atoms with van der Waals surface area (Å²) >= 11 is 1.70. The molecule has 0 aliphatic heterocycles. The van der Waals surface area contributed by atoms with E-state index < -0.39 is 0 Å². The van der Waals surface area contributed by atoms with E-state index in [1.165, 1.54) is 30.6 Å². The fourth-order valence-electron chi connectivity index (χ4n) is 2.83. The predicted molar refractivity (Wildman–Crippen MR) is 77.6 cm³/mol. The summed E-state index contributed by atoms with van der Waals surface area (Å²) in [4.78, 5) is 17.6. The number of aryl methyl sites for hydroxylation is 1. The van der Waals surface area contributed by atoms with Crippen molar-refractivity contribution in [1.29, 1.82) is 0 Å². The Kier molecular flexibility index (Phi) is 3.82. The first-order chi connectivity index (χ1) is 9.74. The number of hydrogen-bond donors (Lipinski definition) is 2. The fraction of sp³-hybridized carbons (Fsp3) is 0.500. The van der Waals surface area contributed by atoms with Gasteiger partial charge in [-0.3, -0.25) is 9.89 Å². The van der Waals surface area contributed by atoms with Crippen molar-refractivity contribution in [3.8, 4) is 0 Å². The molecule has 5 nitrogen and oxygen atoms in total. The maximum absolute atomic E-state index is 12.3. The first-order valence-electron chi connectivity index (χ1n) is 6.97. The summed E-state index contributed by atoms with van der Waals surface area (Å²) in [5.41, 5.74) is 0. The molecule has 1 amide bonds. The summed E-state index contributed by atoms with van der Waals surface area (Å²) in [7, 11) is 0. The van der Waals surface area contributed by atoms with E-state index in [9.17, 15) is 4.79 Å². The summed E-state index contributed by atoms with van der Waals surface area (Å²) in [6, 6.07) is 4.21. The Labute approximate surface area is 121 Å². The standard InChI is InChI=1S/C14H18N4OS/c1-9-15-13(18-17-9)14(19)16-12(10-5-2-3-6-10)11-7-4-8-20-11/h4,7-8,10,12H,2-3,5-6H2,1H3,(H,16,19)(H,15,17,18). The molecule has 1 saturated carbocycles. The van der Waals surface area contributed by atoms with Crippen LogP contribution in [0.1, 0.15) is 53.0 Å². The molecular formula is C14H18N4OS. The molecule has 0 saturated heterocycles. The molecule has 0 spiro atoms. The molecule has 2 aromatic heterocycles. The van der Waals surface area contributed by atoms with Crippen LogP contribution >= 0.6 is 11.3 Å². The number of carbonyl (C=O) groups is 1. The van der Waals surface area contributed by atoms with Crippen molar-refractivity contribution in [1.82, 2.24) is 20.5 Å². The van der Waals surface area contributed by atoms with E-state index >= 15 is 0 Å². The van der Waals surface area contributed by atoms with Crippen LogP contribution in [0, 0.1) is 12.8 Å². The highest BCUT2D eigenvalue weighted by atomic mass is 32.1. The van der Waals surface area contributed by atoms with Gasteiger partial charge in [-0.05, 0) is 37.1 Å². The third-order valence-corrected chi connectivity index (χ3v) is 4.76. The molecule has 20 heavy (non-hydrogen) atoms. The van der Waals surface area contributed by atoms with Gasteiger partial charge >= 0.3 is 0 Å². The minimum Gasteiger partial charge on any atom is -0.341 e. The van der Waals surface area contributed by atoms with Crippen molar-refractivity contribution in [2.45, 2.75) is 38.6 Å². The molecule has 6 heteroatoms. The molecule has 1 atom stereocenters. The molecule has 0 radical (unpaired) electrons. The van der Waals surface area contributed by atoms with E-state index in [2.05, 4.69) is 31.9 Å². The Bertz CT molecular complexity index is 572. The fourth-order valence-corrected chi connectivity index (χ4v) is 3.70. The SMILES string of the molecule is Cc1nc(C(=O)NC(c2cccs2)C2CCCC2)n[nH]1. The van der Waals surface area contributed by atoms with Gasteiger partial charge in [0, 0.05) is 4.88 Å². The smallest absolute Gasteiger partial charge is 0.291 e. The second-order valence-electron chi connectivity index (χ2n) is 5.26. The number of hydrogen-bond acceptors (Lipinski definition) is 4. The van der Waals surface area contributed by atoms with Crippen LogP contribution in [0.15, 0.2) is 17.5 Å². The molecule has 2 heterocycles. The zero-order valence-corrected chi connectivity index (χ0v) is 12.2. The average molecular weight is 290 g/mol. The average Bonchev–Trinajstić information content (AvgIpc) is 3.17. The van der Waals surface area contributed by atoms with Gasteiger partial charge in [-0.2, -0.15) is 0 Å². The first kappa shape index (κ1) is 13.3. The summed E-state index contributed by atoms with van der Waals surface area (Å²) in [6.07, 6.45) is 4.86. The number of rotatable bonds is 4. The number of aromatic nitrogens is 3. The molecule has 0 bridgehead atoms. The van der Waals surface area contributed by atoms with Gasteiger partial charge in [-0.25, -0.2) is 4.98 Å². The molecule has 1 aliphatic rings. The topological polar surface area (TPSA) is 70.7 Å². The molecule has 1 aliphatic carbocycles. The van der Waals surface area contributed by atoms with Gasteiger partial charge in [0.1, 0.15) is 5.82 Å². The van der Waals surface area contributed by atoms with Gasteiger partial charge in [-0.1, -0.05) is 18.9 Å². The Morgan fingerprint density at radius 1 is 1.50 bits per heavy atom. The van der Waals surface area contributed by atoms with Gasteiger partial charge < -0.3 is 5.32 Å². The zero-order chi connectivity index (χ0) is 13.9. The first-order valence-corrected chi connectivity index (χ1v) is 7.85. The van der Waals surface area contributed by atoms with E-state index in [0.717, 1.165) is 0 Å². The maximum atomic E-state index is 12.3. The van der Waals surface area contributed by atoms with Crippen LogP contribution in [-0.2, 0) is 0 Å². The Morgan fingerprint density at radius 2 is 2.30 bits per heavy atom. The predicted octanol–water partition coefficient (Wildman–Crippen LogP) is 2.84. The Morgan fingerprint density at radius 3 is 2.90 bits per heavy atom. The number of nitrogens with zero attached hydrogens (tertiary/aromatic N) is 2. The lowest BCUT2D eigenvalue weighted by Crippen LogP contribution is -2.33.